The molecule has 0 aromatic carbocycles. The van der Waals surface area contributed by atoms with E-state index in [1.165, 1.54) is 7.85 Å². The Kier molecular flexibility index (Phi) is 3.34. The second-order valence-electron chi connectivity index (χ2n) is 5.52. The summed E-state index contributed by atoms with van der Waals surface area (Å²) in [5.74, 6) is 2.61. The lowest BCUT2D eigenvalue weighted by Crippen LogP contribution is -2.53. The van der Waals surface area contributed by atoms with Gasteiger partial charge in [0.1, 0.15) is 25.5 Å². The highest BCUT2D eigenvalue weighted by Crippen LogP contribution is 2.43. The summed E-state index contributed by atoms with van der Waals surface area (Å²) in [5, 5.41) is 20.7. The van der Waals surface area contributed by atoms with Crippen molar-refractivity contribution in [3.63, 3.8) is 0 Å². The molecule has 9 heteroatoms. The van der Waals surface area contributed by atoms with Crippen molar-refractivity contribution in [2.75, 3.05) is 12.3 Å². The van der Waals surface area contributed by atoms with Gasteiger partial charge in [0, 0.05) is 12.6 Å². The third kappa shape index (κ3) is 1.98. The Balaban J connectivity index is 2.09. The average molecular weight is 321 g/mol. The Bertz CT molecular complexity index is 787. The Morgan fingerprint density at radius 1 is 1.64 bits per heavy atom. The van der Waals surface area contributed by atoms with Crippen molar-refractivity contribution in [2.45, 2.75) is 23.8 Å². The number of anilines is 1. The first kappa shape index (κ1) is 15.1. The fourth-order valence-corrected chi connectivity index (χ4v) is 2.94. The molecule has 2 aromatic heterocycles. The van der Waals surface area contributed by atoms with Gasteiger partial charge in [-0.05, 0) is 17.7 Å². The van der Waals surface area contributed by atoms with Gasteiger partial charge in [-0.1, -0.05) is 5.92 Å². The zero-order chi connectivity index (χ0) is 16.1. The predicted octanol–water partition coefficient (Wildman–Crippen LogP) is -0.728. The fourth-order valence-electron chi connectivity index (χ4n) is 2.76. The number of rotatable bonds is 2. The lowest BCUT2D eigenvalue weighted by molar-refractivity contribution is -0.100. The quantitative estimate of drug-likeness (QED) is 0.383. The van der Waals surface area contributed by atoms with Crippen molar-refractivity contribution in [2.24, 2.45) is 0 Å². The van der Waals surface area contributed by atoms with Gasteiger partial charge in [-0.25, -0.2) is 4.98 Å². The summed E-state index contributed by atoms with van der Waals surface area (Å²) in [6.45, 7) is -0.496. The van der Waals surface area contributed by atoms with E-state index in [4.69, 9.17) is 28.5 Å². The molecule has 4 N–H and O–H groups in total. The molecule has 0 amide bonds. The third-order valence-corrected chi connectivity index (χ3v) is 4.29. The van der Waals surface area contributed by atoms with Crippen molar-refractivity contribution in [3.8, 4) is 12.3 Å². The lowest BCUT2D eigenvalue weighted by Gasteiger charge is -2.31. The van der Waals surface area contributed by atoms with Crippen LogP contribution < -0.4 is 5.73 Å². The highest BCUT2D eigenvalue weighted by Gasteiger charge is 2.55. The van der Waals surface area contributed by atoms with Crippen LogP contribution in [0.4, 0.5) is 5.82 Å². The molecule has 0 spiro atoms. The zero-order valence-corrected chi connectivity index (χ0v) is 12.6. The third-order valence-electron chi connectivity index (χ3n) is 4.12. The van der Waals surface area contributed by atoms with E-state index in [9.17, 15) is 10.2 Å². The maximum absolute atomic E-state index is 10.5. The molecular formula is C13H14BClN4O3. The molecule has 3 atom stereocenters. The zero-order valence-electron chi connectivity index (χ0n) is 11.8. The molecule has 0 radical (unpaired) electrons. The topological polar surface area (TPSA) is 106 Å². The van der Waals surface area contributed by atoms with E-state index in [2.05, 4.69) is 15.9 Å². The number of hydrogen-bond acceptors (Lipinski definition) is 6. The SMILES string of the molecule is B[C@@]1(O)C[C@H](n2ccc3c(N)nc(Cl)nc32)O[C@]1(C#C)CO. The number of nitrogens with two attached hydrogens (primary N) is 1. The molecule has 1 aliphatic rings. The Morgan fingerprint density at radius 3 is 2.95 bits per heavy atom. The Morgan fingerprint density at radius 2 is 2.36 bits per heavy atom. The highest BCUT2D eigenvalue weighted by atomic mass is 35.5. The van der Waals surface area contributed by atoms with Gasteiger partial charge in [0.05, 0.1) is 17.5 Å². The molecule has 1 aliphatic heterocycles. The lowest BCUT2D eigenvalue weighted by atomic mass is 9.68. The summed E-state index contributed by atoms with van der Waals surface area (Å²) in [7, 11) is 1.53. The molecular weight excluding hydrogens is 306 g/mol. The second kappa shape index (κ2) is 4.86. The van der Waals surface area contributed by atoms with Crippen LogP contribution in [0.5, 0.6) is 0 Å². The van der Waals surface area contributed by atoms with Crippen LogP contribution in [-0.2, 0) is 4.74 Å². The maximum atomic E-state index is 10.5. The highest BCUT2D eigenvalue weighted by molar-refractivity contribution is 6.28. The van der Waals surface area contributed by atoms with Crippen molar-refractivity contribution in [3.05, 3.63) is 17.5 Å². The summed E-state index contributed by atoms with van der Waals surface area (Å²) >= 11 is 5.85. The van der Waals surface area contributed by atoms with Crippen LogP contribution in [0.1, 0.15) is 12.6 Å². The molecule has 1 saturated heterocycles. The molecule has 0 bridgehead atoms. The van der Waals surface area contributed by atoms with E-state index >= 15 is 0 Å². The number of aliphatic hydroxyl groups is 2. The van der Waals surface area contributed by atoms with Gasteiger partial charge in [0.25, 0.3) is 0 Å². The van der Waals surface area contributed by atoms with Crippen LogP contribution in [0.2, 0.25) is 5.28 Å². The van der Waals surface area contributed by atoms with Crippen molar-refractivity contribution in [1.82, 2.24) is 14.5 Å². The van der Waals surface area contributed by atoms with Crippen LogP contribution in [0, 0.1) is 12.3 Å². The van der Waals surface area contributed by atoms with Crippen molar-refractivity contribution >= 4 is 36.3 Å². The molecule has 114 valence electrons. The molecule has 1 fully saturated rings. The van der Waals surface area contributed by atoms with Crippen molar-refractivity contribution < 1.29 is 14.9 Å². The summed E-state index contributed by atoms with van der Waals surface area (Å²) in [5.41, 5.74) is 3.43. The van der Waals surface area contributed by atoms with Gasteiger partial charge < -0.3 is 25.3 Å². The normalized spacial score (nSPS) is 31.5. The first-order valence-corrected chi connectivity index (χ1v) is 7.00. The van der Waals surface area contributed by atoms with Gasteiger partial charge in [-0.15, -0.1) is 6.42 Å². The maximum Gasteiger partial charge on any atom is 0.226 e. The first-order valence-electron chi connectivity index (χ1n) is 6.62. The van der Waals surface area contributed by atoms with Gasteiger partial charge >= 0.3 is 0 Å². The van der Waals surface area contributed by atoms with E-state index in [0.717, 1.165) is 0 Å². The van der Waals surface area contributed by atoms with Crippen LogP contribution in [0.15, 0.2) is 12.3 Å². The number of fused-ring (bicyclic) bond motifs is 1. The molecule has 0 saturated carbocycles. The van der Waals surface area contributed by atoms with Crippen LogP contribution >= 0.6 is 11.6 Å². The van der Waals surface area contributed by atoms with Gasteiger partial charge in [-0.3, -0.25) is 0 Å². The van der Waals surface area contributed by atoms with Crippen molar-refractivity contribution in [1.29, 1.82) is 0 Å². The Labute approximate surface area is 132 Å². The first-order chi connectivity index (χ1) is 10.3. The number of nitrogens with zero attached hydrogens (tertiary/aromatic N) is 3. The van der Waals surface area contributed by atoms with Crippen LogP contribution in [-0.4, -0.2) is 50.3 Å². The number of aromatic nitrogens is 3. The van der Waals surface area contributed by atoms with Gasteiger partial charge in [-0.2, -0.15) is 4.98 Å². The summed E-state index contributed by atoms with van der Waals surface area (Å²) < 4.78 is 7.45. The largest absolute Gasteiger partial charge is 0.395 e. The predicted molar refractivity (Wildman–Crippen MR) is 83.8 cm³/mol. The smallest absolute Gasteiger partial charge is 0.226 e. The molecule has 0 aliphatic carbocycles. The molecule has 0 unspecified atom stereocenters. The molecule has 3 heterocycles. The van der Waals surface area contributed by atoms with Crippen LogP contribution in [0.25, 0.3) is 11.0 Å². The number of terminal acetylenes is 1. The van der Waals surface area contributed by atoms with E-state index in [-0.39, 0.29) is 17.5 Å². The van der Waals surface area contributed by atoms with E-state index in [0.29, 0.717) is 11.0 Å². The van der Waals surface area contributed by atoms with Crippen LogP contribution in [0.3, 0.4) is 0 Å². The van der Waals surface area contributed by atoms with Gasteiger partial charge in [0.2, 0.25) is 5.28 Å². The Hall–Kier alpha value is -1.79. The number of halogens is 1. The molecule has 7 nitrogen and oxygen atoms in total. The number of aliphatic hydroxyl groups excluding tert-OH is 1. The molecule has 3 rings (SSSR count). The monoisotopic (exact) mass is 320 g/mol. The summed E-state index contributed by atoms with van der Waals surface area (Å²) in [6.07, 6.45) is 6.74. The average Bonchev–Trinajstić information content (AvgIpc) is 2.97. The van der Waals surface area contributed by atoms with E-state index in [1.807, 2.05) is 0 Å². The minimum Gasteiger partial charge on any atom is -0.395 e. The fraction of sp³-hybridized carbons (Fsp3) is 0.385. The summed E-state index contributed by atoms with van der Waals surface area (Å²) in [4.78, 5) is 8.04. The second-order valence-corrected chi connectivity index (χ2v) is 5.86. The standard InChI is InChI=1S/C13H14BClN4O3/c1-2-12(6-20)13(14,21)5-8(22-12)19-4-3-7-9(16)17-11(15)18-10(7)19/h1,3-4,8,20-21H,5-6,14H2,(H2,16,17,18)/t8-,12-,13-/m1/s1. The minimum absolute atomic E-state index is 0.0140. The number of ether oxygens (including phenoxy) is 1. The minimum atomic E-state index is -1.48. The number of nitrogen functional groups attached to an aromatic ring is 1. The molecule has 2 aromatic rings. The van der Waals surface area contributed by atoms with E-state index in [1.54, 1.807) is 16.8 Å². The van der Waals surface area contributed by atoms with Gasteiger partial charge in [0.15, 0.2) is 5.60 Å². The number of hydrogen-bond donors (Lipinski definition) is 3. The van der Waals surface area contributed by atoms with E-state index < -0.39 is 23.9 Å². The molecule has 22 heavy (non-hydrogen) atoms. The summed E-state index contributed by atoms with van der Waals surface area (Å²) in [6, 6.07) is 1.73.